The van der Waals surface area contributed by atoms with Crippen LogP contribution in [0.25, 0.3) is 0 Å². The molecule has 0 aliphatic carbocycles. The standard InChI is InChI=1S/C30H33FN4O3/c31-25-9-5-8-24(20-25)28(36)34-16-12-30(13-17-34)11-4-3-7-23-6-1-2-10-27(23)38-19-18-35(22-30)29(37)26-21-32-14-15-33-26/h1-2,5-6,8-10,14-15,20-21H,3-4,7,11-13,16-19,22H2. The number of piperidine rings is 1. The lowest BCUT2D eigenvalue weighted by Crippen LogP contribution is -2.50. The zero-order chi connectivity index (χ0) is 26.4. The van der Waals surface area contributed by atoms with Crippen LogP contribution in [-0.4, -0.2) is 64.4 Å². The molecular formula is C30H33FN4O3. The number of ether oxygens (including phenoxy) is 1. The molecule has 2 aliphatic heterocycles. The average Bonchev–Trinajstić information content (AvgIpc) is 2.95. The molecule has 0 bridgehead atoms. The van der Waals surface area contributed by atoms with Crippen LogP contribution in [-0.2, 0) is 6.42 Å². The van der Waals surface area contributed by atoms with Crippen LogP contribution in [0.4, 0.5) is 4.39 Å². The Balaban J connectivity index is 1.36. The van der Waals surface area contributed by atoms with Crippen LogP contribution >= 0.6 is 0 Å². The van der Waals surface area contributed by atoms with Crippen LogP contribution in [0.5, 0.6) is 5.75 Å². The Bertz CT molecular complexity index is 1260. The molecule has 8 heteroatoms. The van der Waals surface area contributed by atoms with Crippen molar-refractivity contribution >= 4 is 11.8 Å². The number of para-hydroxylation sites is 1. The first-order valence-electron chi connectivity index (χ1n) is 13.3. The monoisotopic (exact) mass is 516 g/mol. The van der Waals surface area contributed by atoms with Gasteiger partial charge < -0.3 is 14.5 Å². The minimum atomic E-state index is -0.411. The maximum Gasteiger partial charge on any atom is 0.274 e. The molecule has 1 fully saturated rings. The molecule has 0 saturated carbocycles. The van der Waals surface area contributed by atoms with Crippen molar-refractivity contribution in [2.75, 3.05) is 32.8 Å². The fourth-order valence-electron chi connectivity index (χ4n) is 5.64. The van der Waals surface area contributed by atoms with Crippen LogP contribution in [0.2, 0.25) is 0 Å². The zero-order valence-corrected chi connectivity index (χ0v) is 21.5. The van der Waals surface area contributed by atoms with Crippen molar-refractivity contribution in [3.05, 3.63) is 89.8 Å². The molecule has 0 radical (unpaired) electrons. The van der Waals surface area contributed by atoms with Crippen molar-refractivity contribution in [2.24, 2.45) is 5.41 Å². The van der Waals surface area contributed by atoms with Gasteiger partial charge in [-0.25, -0.2) is 9.37 Å². The molecule has 3 aromatic rings. The lowest BCUT2D eigenvalue weighted by atomic mass is 9.73. The van der Waals surface area contributed by atoms with Crippen molar-refractivity contribution in [1.29, 1.82) is 0 Å². The molecule has 0 atom stereocenters. The third-order valence-electron chi connectivity index (χ3n) is 7.77. The highest BCUT2D eigenvalue weighted by molar-refractivity contribution is 5.94. The molecule has 5 rings (SSSR count). The topological polar surface area (TPSA) is 75.6 Å². The first-order valence-corrected chi connectivity index (χ1v) is 13.3. The minimum Gasteiger partial charge on any atom is -0.491 e. The number of fused-ring (bicyclic) bond motifs is 1. The number of aryl methyl sites for hydroxylation is 1. The van der Waals surface area contributed by atoms with Crippen LogP contribution in [0.3, 0.4) is 0 Å². The Morgan fingerprint density at radius 3 is 2.53 bits per heavy atom. The summed E-state index contributed by atoms with van der Waals surface area (Å²) in [6, 6.07) is 14.0. The fraction of sp³-hybridized carbons (Fsp3) is 0.400. The Kier molecular flexibility index (Phi) is 7.96. The lowest BCUT2D eigenvalue weighted by Gasteiger charge is -2.45. The quantitative estimate of drug-likeness (QED) is 0.490. The number of carbonyl (C=O) groups excluding carboxylic acids is 2. The maximum atomic E-state index is 13.7. The highest BCUT2D eigenvalue weighted by atomic mass is 19.1. The summed E-state index contributed by atoms with van der Waals surface area (Å²) in [5.41, 5.74) is 1.74. The number of nitrogens with zero attached hydrogens (tertiary/aromatic N) is 4. The summed E-state index contributed by atoms with van der Waals surface area (Å²) in [5.74, 6) is 0.152. The third kappa shape index (κ3) is 6.01. The van der Waals surface area contributed by atoms with Gasteiger partial charge in [-0.05, 0) is 67.3 Å². The Labute approximate surface area is 222 Å². The van der Waals surface area contributed by atoms with Crippen LogP contribution in [0.15, 0.2) is 67.1 Å². The molecular weight excluding hydrogens is 483 g/mol. The van der Waals surface area contributed by atoms with E-state index in [4.69, 9.17) is 4.74 Å². The summed E-state index contributed by atoms with van der Waals surface area (Å²) in [4.78, 5) is 38.6. The second-order valence-electron chi connectivity index (χ2n) is 10.3. The molecule has 2 aromatic carbocycles. The van der Waals surface area contributed by atoms with Gasteiger partial charge in [-0.15, -0.1) is 0 Å². The summed E-state index contributed by atoms with van der Waals surface area (Å²) < 4.78 is 19.9. The summed E-state index contributed by atoms with van der Waals surface area (Å²) in [6.45, 7) is 2.51. The van der Waals surface area contributed by atoms with Crippen molar-refractivity contribution in [2.45, 2.75) is 38.5 Å². The van der Waals surface area contributed by atoms with E-state index in [9.17, 15) is 14.0 Å². The molecule has 3 heterocycles. The fourth-order valence-corrected chi connectivity index (χ4v) is 5.64. The minimum absolute atomic E-state index is 0.130. The zero-order valence-electron chi connectivity index (χ0n) is 21.5. The van der Waals surface area contributed by atoms with Gasteiger partial charge in [-0.1, -0.05) is 30.7 Å². The Morgan fingerprint density at radius 1 is 0.895 bits per heavy atom. The van der Waals surface area contributed by atoms with Gasteiger partial charge in [-0.3, -0.25) is 14.6 Å². The maximum absolute atomic E-state index is 13.7. The summed E-state index contributed by atoms with van der Waals surface area (Å²) in [7, 11) is 0. The molecule has 2 aliphatic rings. The van der Waals surface area contributed by atoms with E-state index in [2.05, 4.69) is 16.0 Å². The number of benzene rings is 2. The largest absolute Gasteiger partial charge is 0.491 e. The lowest BCUT2D eigenvalue weighted by molar-refractivity contribution is 0.0325. The van der Waals surface area contributed by atoms with E-state index in [-0.39, 0.29) is 17.2 Å². The van der Waals surface area contributed by atoms with Gasteiger partial charge in [0, 0.05) is 37.6 Å². The molecule has 198 valence electrons. The van der Waals surface area contributed by atoms with Gasteiger partial charge in [0.05, 0.1) is 12.7 Å². The third-order valence-corrected chi connectivity index (χ3v) is 7.77. The molecule has 0 N–H and O–H groups in total. The van der Waals surface area contributed by atoms with Gasteiger partial charge in [-0.2, -0.15) is 0 Å². The molecule has 0 unspecified atom stereocenters. The molecule has 1 aromatic heterocycles. The van der Waals surface area contributed by atoms with Crippen molar-refractivity contribution in [1.82, 2.24) is 19.8 Å². The number of aromatic nitrogens is 2. The second-order valence-corrected chi connectivity index (χ2v) is 10.3. The van der Waals surface area contributed by atoms with Crippen molar-refractivity contribution in [3.63, 3.8) is 0 Å². The number of amides is 2. The highest BCUT2D eigenvalue weighted by Gasteiger charge is 2.38. The summed E-state index contributed by atoms with van der Waals surface area (Å²) in [6.07, 6.45) is 10.1. The van der Waals surface area contributed by atoms with Gasteiger partial charge in [0.2, 0.25) is 0 Å². The smallest absolute Gasteiger partial charge is 0.274 e. The summed E-state index contributed by atoms with van der Waals surface area (Å²) in [5, 5.41) is 0. The van der Waals surface area contributed by atoms with Gasteiger partial charge >= 0.3 is 0 Å². The number of likely N-dealkylation sites (tertiary alicyclic amines) is 1. The molecule has 7 nitrogen and oxygen atoms in total. The predicted octanol–water partition coefficient (Wildman–Crippen LogP) is 4.79. The number of halogens is 1. The number of rotatable bonds is 2. The van der Waals surface area contributed by atoms with E-state index < -0.39 is 5.82 Å². The van der Waals surface area contributed by atoms with Crippen LogP contribution in [0.1, 0.15) is 58.5 Å². The molecule has 1 spiro atoms. The second kappa shape index (κ2) is 11.7. The first kappa shape index (κ1) is 25.8. The average molecular weight is 517 g/mol. The van der Waals surface area contributed by atoms with Crippen molar-refractivity contribution < 1.29 is 18.7 Å². The SMILES string of the molecule is O=C(c1cccc(F)c1)N1CCC2(CCCCc3ccccc3OCCN(C(=O)c3cnccn3)C2)CC1. The number of hydrogen-bond donors (Lipinski definition) is 0. The van der Waals surface area contributed by atoms with E-state index in [0.717, 1.165) is 44.3 Å². The van der Waals surface area contributed by atoms with Gasteiger partial charge in [0.1, 0.15) is 23.9 Å². The van der Waals surface area contributed by atoms with Crippen LogP contribution < -0.4 is 4.74 Å². The van der Waals surface area contributed by atoms with E-state index >= 15 is 0 Å². The number of carbonyl (C=O) groups is 2. The van der Waals surface area contributed by atoms with E-state index in [1.807, 2.05) is 28.0 Å². The molecule has 1 saturated heterocycles. The highest BCUT2D eigenvalue weighted by Crippen LogP contribution is 2.39. The summed E-state index contributed by atoms with van der Waals surface area (Å²) >= 11 is 0. The molecule has 2 amide bonds. The van der Waals surface area contributed by atoms with E-state index in [0.29, 0.717) is 44.0 Å². The Hall–Kier alpha value is -3.81. The van der Waals surface area contributed by atoms with Crippen LogP contribution in [0, 0.1) is 11.2 Å². The van der Waals surface area contributed by atoms with E-state index in [1.165, 1.54) is 30.1 Å². The Morgan fingerprint density at radius 2 is 1.74 bits per heavy atom. The normalized spacial score (nSPS) is 18.0. The predicted molar refractivity (Wildman–Crippen MR) is 141 cm³/mol. The van der Waals surface area contributed by atoms with Crippen molar-refractivity contribution in [3.8, 4) is 5.75 Å². The van der Waals surface area contributed by atoms with Gasteiger partial charge in [0.15, 0.2) is 0 Å². The van der Waals surface area contributed by atoms with E-state index in [1.54, 1.807) is 18.3 Å². The molecule has 38 heavy (non-hydrogen) atoms. The van der Waals surface area contributed by atoms with Gasteiger partial charge in [0.25, 0.3) is 11.8 Å². The number of hydrogen-bond acceptors (Lipinski definition) is 5. The first-order chi connectivity index (χ1) is 18.5.